The summed E-state index contributed by atoms with van der Waals surface area (Å²) in [5.74, 6) is 0.0781. The smallest absolute Gasteiger partial charge is 0.244 e. The van der Waals surface area contributed by atoms with Crippen LogP contribution >= 0.6 is 0 Å². The summed E-state index contributed by atoms with van der Waals surface area (Å²) in [4.78, 5) is 29.3. The first-order valence-corrected chi connectivity index (χ1v) is 15.4. The number of ether oxygens (including phenoxy) is 2. The zero-order valence-electron chi connectivity index (χ0n) is 24.1. The molecular weight excluding hydrogens is 542 g/mol. The summed E-state index contributed by atoms with van der Waals surface area (Å²) >= 11 is 0. The number of carbonyl (C=O) groups excluding carboxylic acids is 2. The van der Waals surface area contributed by atoms with Crippen LogP contribution in [0, 0.1) is 0 Å². The number of para-hydroxylation sites is 2. The molecule has 0 fully saturated rings. The minimum absolute atomic E-state index is 0.0677. The first-order chi connectivity index (χ1) is 19.7. The Bertz CT molecular complexity index is 1400. The fourth-order valence-corrected chi connectivity index (χ4v) is 5.31. The average molecular weight is 582 g/mol. The fourth-order valence-electron chi connectivity index (χ4n) is 4.46. The predicted molar refractivity (Wildman–Crippen MR) is 161 cm³/mol. The molecule has 0 aliphatic heterocycles. The van der Waals surface area contributed by atoms with Gasteiger partial charge >= 0.3 is 0 Å². The monoisotopic (exact) mass is 581 g/mol. The van der Waals surface area contributed by atoms with E-state index in [-0.39, 0.29) is 24.6 Å². The summed E-state index contributed by atoms with van der Waals surface area (Å²) in [6.07, 6.45) is 2.99. The summed E-state index contributed by atoms with van der Waals surface area (Å²) in [5.41, 5.74) is 1.84. The number of benzene rings is 3. The molecule has 0 spiro atoms. The number of carbonyl (C=O) groups is 2. The van der Waals surface area contributed by atoms with Crippen LogP contribution in [0.4, 0.5) is 5.69 Å². The van der Waals surface area contributed by atoms with Crippen LogP contribution in [0.1, 0.15) is 30.9 Å². The van der Waals surface area contributed by atoms with Gasteiger partial charge < -0.3 is 19.7 Å². The van der Waals surface area contributed by atoms with E-state index in [0.717, 1.165) is 34.5 Å². The second-order valence-corrected chi connectivity index (χ2v) is 11.6. The summed E-state index contributed by atoms with van der Waals surface area (Å²) < 4.78 is 37.7. The number of methoxy groups -OCH3 is 2. The van der Waals surface area contributed by atoms with Crippen molar-refractivity contribution in [1.29, 1.82) is 0 Å². The Labute approximate surface area is 243 Å². The molecule has 0 heterocycles. The molecule has 3 aromatic carbocycles. The Morgan fingerprint density at radius 3 is 2.24 bits per heavy atom. The quantitative estimate of drug-likeness (QED) is 0.272. The van der Waals surface area contributed by atoms with Crippen molar-refractivity contribution in [1.82, 2.24) is 10.2 Å². The topological polar surface area (TPSA) is 105 Å². The molecule has 2 amide bonds. The standard InChI is InChI=1S/C31H39N3O6S/c1-5-6-19-32-31(36)28(21-24-13-8-7-9-14-24)33(22-25-15-12-16-26(20-25)39-2)30(35)23-34(41(4,37)38)27-17-10-11-18-29(27)40-3/h7-18,20,28H,5-6,19,21-23H2,1-4H3,(H,32,36). The van der Waals surface area contributed by atoms with Crippen LogP contribution in [-0.2, 0) is 32.6 Å². The van der Waals surface area contributed by atoms with Crippen LogP contribution in [0.15, 0.2) is 78.9 Å². The van der Waals surface area contributed by atoms with Crippen molar-refractivity contribution in [3.8, 4) is 11.5 Å². The lowest BCUT2D eigenvalue weighted by Gasteiger charge is -2.33. The van der Waals surface area contributed by atoms with Crippen LogP contribution in [0.5, 0.6) is 11.5 Å². The Morgan fingerprint density at radius 2 is 1.59 bits per heavy atom. The Morgan fingerprint density at radius 1 is 0.902 bits per heavy atom. The number of nitrogens with one attached hydrogen (secondary N) is 1. The molecule has 0 bridgehead atoms. The van der Waals surface area contributed by atoms with Gasteiger partial charge in [-0.2, -0.15) is 0 Å². The highest BCUT2D eigenvalue weighted by Crippen LogP contribution is 2.30. The molecule has 9 nitrogen and oxygen atoms in total. The number of nitrogens with zero attached hydrogens (tertiary/aromatic N) is 2. The third-order valence-corrected chi connectivity index (χ3v) is 7.75. The molecule has 10 heteroatoms. The summed E-state index contributed by atoms with van der Waals surface area (Å²) in [6.45, 7) is 2.05. The zero-order chi connectivity index (χ0) is 29.8. The van der Waals surface area contributed by atoms with E-state index in [1.165, 1.54) is 12.0 Å². The van der Waals surface area contributed by atoms with E-state index in [2.05, 4.69) is 5.32 Å². The predicted octanol–water partition coefficient (Wildman–Crippen LogP) is 4.03. The minimum Gasteiger partial charge on any atom is -0.497 e. The van der Waals surface area contributed by atoms with E-state index < -0.39 is 28.5 Å². The Hall–Kier alpha value is -4.05. The summed E-state index contributed by atoms with van der Waals surface area (Å²) in [6, 6.07) is 22.4. The van der Waals surface area contributed by atoms with Crippen molar-refractivity contribution < 1.29 is 27.5 Å². The molecule has 0 aliphatic rings. The molecule has 1 N–H and O–H groups in total. The number of unbranched alkanes of at least 4 members (excludes halogenated alkanes) is 1. The van der Waals surface area contributed by atoms with Gasteiger partial charge in [-0.15, -0.1) is 0 Å². The molecule has 0 radical (unpaired) electrons. The van der Waals surface area contributed by atoms with Crippen LogP contribution in [-0.4, -0.2) is 64.7 Å². The number of anilines is 1. The van der Waals surface area contributed by atoms with E-state index in [9.17, 15) is 18.0 Å². The van der Waals surface area contributed by atoms with Gasteiger partial charge in [0.15, 0.2) is 0 Å². The van der Waals surface area contributed by atoms with Gasteiger partial charge in [0, 0.05) is 19.5 Å². The van der Waals surface area contributed by atoms with Gasteiger partial charge in [0.1, 0.15) is 24.1 Å². The SMILES string of the molecule is CCCCNC(=O)C(Cc1ccccc1)N(Cc1cccc(OC)c1)C(=O)CN(c1ccccc1OC)S(C)(=O)=O. The molecule has 0 aromatic heterocycles. The van der Waals surface area contributed by atoms with Crippen molar-refractivity contribution in [2.45, 2.75) is 38.8 Å². The third-order valence-electron chi connectivity index (χ3n) is 6.62. The van der Waals surface area contributed by atoms with Crippen molar-refractivity contribution in [2.24, 2.45) is 0 Å². The van der Waals surface area contributed by atoms with Gasteiger partial charge in [-0.05, 0) is 41.8 Å². The number of hydrogen-bond donors (Lipinski definition) is 1. The van der Waals surface area contributed by atoms with E-state index in [4.69, 9.17) is 9.47 Å². The van der Waals surface area contributed by atoms with Crippen molar-refractivity contribution >= 4 is 27.5 Å². The molecule has 0 saturated carbocycles. The molecule has 1 atom stereocenters. The largest absolute Gasteiger partial charge is 0.497 e. The van der Waals surface area contributed by atoms with Gasteiger partial charge in [0.05, 0.1) is 26.2 Å². The third kappa shape index (κ3) is 8.97. The first kappa shape index (κ1) is 31.5. The first-order valence-electron chi connectivity index (χ1n) is 13.5. The van der Waals surface area contributed by atoms with E-state index >= 15 is 0 Å². The molecule has 3 aromatic rings. The van der Waals surface area contributed by atoms with E-state index in [1.807, 2.05) is 49.4 Å². The fraction of sp³-hybridized carbons (Fsp3) is 0.355. The molecule has 220 valence electrons. The van der Waals surface area contributed by atoms with Crippen molar-refractivity contribution in [2.75, 3.05) is 37.9 Å². The second kappa shape index (κ2) is 15.1. The van der Waals surface area contributed by atoms with E-state index in [0.29, 0.717) is 18.0 Å². The van der Waals surface area contributed by atoms with Gasteiger partial charge in [-0.1, -0.05) is 67.9 Å². The lowest BCUT2D eigenvalue weighted by molar-refractivity contribution is -0.140. The maximum Gasteiger partial charge on any atom is 0.244 e. The normalized spacial score (nSPS) is 11.8. The van der Waals surface area contributed by atoms with Crippen LogP contribution in [0.2, 0.25) is 0 Å². The number of amides is 2. The molecule has 41 heavy (non-hydrogen) atoms. The number of hydrogen-bond acceptors (Lipinski definition) is 6. The molecular formula is C31H39N3O6S. The van der Waals surface area contributed by atoms with Crippen molar-refractivity contribution in [3.05, 3.63) is 90.0 Å². The number of sulfonamides is 1. The minimum atomic E-state index is -3.90. The van der Waals surface area contributed by atoms with Gasteiger partial charge in [-0.3, -0.25) is 13.9 Å². The lowest BCUT2D eigenvalue weighted by Crippen LogP contribution is -2.53. The van der Waals surface area contributed by atoms with Gasteiger partial charge in [0.2, 0.25) is 21.8 Å². The zero-order valence-corrected chi connectivity index (χ0v) is 24.9. The lowest BCUT2D eigenvalue weighted by atomic mass is 10.0. The molecule has 3 rings (SSSR count). The van der Waals surface area contributed by atoms with Crippen molar-refractivity contribution in [3.63, 3.8) is 0 Å². The molecule has 1 unspecified atom stereocenters. The maximum atomic E-state index is 14.2. The Kier molecular flexibility index (Phi) is 11.6. The molecule has 0 aliphatic carbocycles. The second-order valence-electron chi connectivity index (χ2n) is 9.66. The van der Waals surface area contributed by atoms with E-state index in [1.54, 1.807) is 43.5 Å². The Balaban J connectivity index is 2.07. The van der Waals surface area contributed by atoms with Crippen LogP contribution in [0.3, 0.4) is 0 Å². The maximum absolute atomic E-state index is 14.2. The van der Waals surface area contributed by atoms with Gasteiger partial charge in [0.25, 0.3) is 0 Å². The highest BCUT2D eigenvalue weighted by atomic mass is 32.2. The highest BCUT2D eigenvalue weighted by Gasteiger charge is 2.33. The summed E-state index contributed by atoms with van der Waals surface area (Å²) in [5, 5.41) is 2.97. The molecule has 0 saturated heterocycles. The highest BCUT2D eigenvalue weighted by molar-refractivity contribution is 7.92. The average Bonchev–Trinajstić information content (AvgIpc) is 2.97. The van der Waals surface area contributed by atoms with Crippen LogP contribution in [0.25, 0.3) is 0 Å². The summed E-state index contributed by atoms with van der Waals surface area (Å²) in [7, 11) is -0.908. The van der Waals surface area contributed by atoms with Crippen LogP contribution < -0.4 is 19.1 Å². The van der Waals surface area contributed by atoms with Gasteiger partial charge in [-0.25, -0.2) is 8.42 Å². The number of rotatable bonds is 15.